The van der Waals surface area contributed by atoms with Crippen LogP contribution >= 0.6 is 7.60 Å². The fourth-order valence-electron chi connectivity index (χ4n) is 2.41. The fraction of sp³-hybridized carbons (Fsp3) is 0.538. The summed E-state index contributed by atoms with van der Waals surface area (Å²) in [4.78, 5) is 19.9. The molecule has 0 aliphatic carbocycles. The van der Waals surface area contributed by atoms with Gasteiger partial charge in [-0.1, -0.05) is 6.07 Å². The van der Waals surface area contributed by atoms with Gasteiger partial charge in [0.2, 0.25) is 0 Å². The highest BCUT2D eigenvalue weighted by molar-refractivity contribution is 7.51. The van der Waals surface area contributed by atoms with E-state index in [9.17, 15) is 4.57 Å². The summed E-state index contributed by atoms with van der Waals surface area (Å²) in [5.41, 5.74) is 2.59. The molecular formula is C13H20NO4P. The van der Waals surface area contributed by atoms with Crippen molar-refractivity contribution in [3.63, 3.8) is 0 Å². The van der Waals surface area contributed by atoms with Crippen LogP contribution in [-0.2, 0) is 17.5 Å². The number of methoxy groups -OCH3 is 1. The van der Waals surface area contributed by atoms with Gasteiger partial charge >= 0.3 is 7.60 Å². The summed E-state index contributed by atoms with van der Waals surface area (Å²) in [6, 6.07) is 6.10. The Kier molecular flexibility index (Phi) is 4.63. The summed E-state index contributed by atoms with van der Waals surface area (Å²) in [5, 5.41) is 0. The van der Waals surface area contributed by atoms with E-state index in [-0.39, 0.29) is 6.16 Å². The molecule has 1 aliphatic heterocycles. The minimum absolute atomic E-state index is 0.0288. The molecule has 0 aromatic heterocycles. The Labute approximate surface area is 113 Å². The maximum absolute atomic E-state index is 10.8. The van der Waals surface area contributed by atoms with Crippen LogP contribution < -0.4 is 4.74 Å². The first kappa shape index (κ1) is 14.5. The molecule has 0 saturated heterocycles. The van der Waals surface area contributed by atoms with Crippen molar-refractivity contribution in [2.45, 2.75) is 19.4 Å². The highest BCUT2D eigenvalue weighted by Gasteiger charge is 2.18. The molecule has 0 unspecified atom stereocenters. The third-order valence-corrected chi connectivity index (χ3v) is 4.33. The molecule has 0 radical (unpaired) electrons. The molecule has 0 bridgehead atoms. The number of hydrogen-bond donors (Lipinski definition) is 2. The Balaban J connectivity index is 1.90. The van der Waals surface area contributed by atoms with Gasteiger partial charge in [-0.05, 0) is 42.6 Å². The zero-order chi connectivity index (χ0) is 13.9. The molecule has 0 atom stereocenters. The molecule has 1 heterocycles. The number of ether oxygens (including phenoxy) is 1. The molecule has 2 rings (SSSR count). The molecule has 1 aromatic carbocycles. The van der Waals surface area contributed by atoms with Crippen molar-refractivity contribution in [1.29, 1.82) is 0 Å². The second-order valence-corrected chi connectivity index (χ2v) is 6.68. The minimum Gasteiger partial charge on any atom is -0.497 e. The van der Waals surface area contributed by atoms with Crippen LogP contribution in [0.15, 0.2) is 18.2 Å². The zero-order valence-electron chi connectivity index (χ0n) is 11.1. The molecule has 0 fully saturated rings. The van der Waals surface area contributed by atoms with Crippen molar-refractivity contribution in [1.82, 2.24) is 4.90 Å². The normalized spacial score (nSPS) is 16.2. The van der Waals surface area contributed by atoms with E-state index < -0.39 is 7.60 Å². The summed E-state index contributed by atoms with van der Waals surface area (Å²) in [6.07, 6.45) is 1.47. The molecule has 19 heavy (non-hydrogen) atoms. The lowest BCUT2D eigenvalue weighted by Crippen LogP contribution is -2.31. The molecule has 2 N–H and O–H groups in total. The van der Waals surface area contributed by atoms with Gasteiger partial charge < -0.3 is 14.5 Å². The Morgan fingerprint density at radius 3 is 2.84 bits per heavy atom. The summed E-state index contributed by atoms with van der Waals surface area (Å²) >= 11 is 0. The third-order valence-electron chi connectivity index (χ3n) is 3.43. The van der Waals surface area contributed by atoms with E-state index in [0.29, 0.717) is 6.42 Å². The van der Waals surface area contributed by atoms with Crippen molar-refractivity contribution in [3.8, 4) is 5.75 Å². The second-order valence-electron chi connectivity index (χ2n) is 4.90. The molecule has 1 aliphatic rings. The van der Waals surface area contributed by atoms with E-state index in [0.717, 1.165) is 31.8 Å². The van der Waals surface area contributed by atoms with Crippen molar-refractivity contribution in [3.05, 3.63) is 29.3 Å². The third kappa shape index (κ3) is 4.32. The van der Waals surface area contributed by atoms with Gasteiger partial charge in [0.05, 0.1) is 13.3 Å². The zero-order valence-corrected chi connectivity index (χ0v) is 12.0. The summed E-state index contributed by atoms with van der Waals surface area (Å²) in [6.45, 7) is 2.51. The monoisotopic (exact) mass is 285 g/mol. The first-order valence-electron chi connectivity index (χ1n) is 6.40. The van der Waals surface area contributed by atoms with Crippen molar-refractivity contribution < 1.29 is 19.1 Å². The quantitative estimate of drug-likeness (QED) is 0.805. The Morgan fingerprint density at radius 2 is 2.16 bits per heavy atom. The lowest BCUT2D eigenvalue weighted by molar-refractivity contribution is 0.252. The minimum atomic E-state index is -3.85. The predicted molar refractivity (Wildman–Crippen MR) is 73.5 cm³/mol. The summed E-state index contributed by atoms with van der Waals surface area (Å²) in [7, 11) is -2.19. The second kappa shape index (κ2) is 6.06. The summed E-state index contributed by atoms with van der Waals surface area (Å²) in [5.74, 6) is 0.883. The van der Waals surface area contributed by atoms with Crippen LogP contribution in [0.4, 0.5) is 0 Å². The van der Waals surface area contributed by atoms with Crippen LogP contribution in [0.3, 0.4) is 0 Å². The van der Waals surface area contributed by atoms with E-state index in [4.69, 9.17) is 14.5 Å². The topological polar surface area (TPSA) is 70.0 Å². The Morgan fingerprint density at radius 1 is 1.37 bits per heavy atom. The fourth-order valence-corrected chi connectivity index (χ4v) is 2.96. The molecule has 5 nitrogen and oxygen atoms in total. The summed E-state index contributed by atoms with van der Waals surface area (Å²) < 4.78 is 16.0. The lowest BCUT2D eigenvalue weighted by atomic mass is 9.99. The van der Waals surface area contributed by atoms with Crippen LogP contribution in [0, 0.1) is 0 Å². The van der Waals surface area contributed by atoms with Crippen LogP contribution in [0.2, 0.25) is 0 Å². The first-order chi connectivity index (χ1) is 8.98. The van der Waals surface area contributed by atoms with Gasteiger partial charge in [-0.2, -0.15) is 0 Å². The van der Waals surface area contributed by atoms with E-state index in [2.05, 4.69) is 17.0 Å². The van der Waals surface area contributed by atoms with Gasteiger partial charge in [0, 0.05) is 13.1 Å². The maximum Gasteiger partial charge on any atom is 0.325 e. The lowest BCUT2D eigenvalue weighted by Gasteiger charge is -2.29. The number of rotatable bonds is 5. The molecular weight excluding hydrogens is 265 g/mol. The van der Waals surface area contributed by atoms with Crippen molar-refractivity contribution in [2.24, 2.45) is 0 Å². The molecule has 0 amide bonds. The van der Waals surface area contributed by atoms with Crippen LogP contribution in [0.1, 0.15) is 17.5 Å². The highest BCUT2D eigenvalue weighted by atomic mass is 31.2. The van der Waals surface area contributed by atoms with Crippen LogP contribution in [0.25, 0.3) is 0 Å². The van der Waals surface area contributed by atoms with Gasteiger partial charge in [-0.25, -0.2) is 0 Å². The average Bonchev–Trinajstić information content (AvgIpc) is 2.36. The standard InChI is InChI=1S/C13H20NO4P/c1-18-13-4-3-12-10-14(7-5-11(12)9-13)6-2-8-19(15,16)17/h3-4,9H,2,5-8,10H2,1H3,(H2,15,16,17). The van der Waals surface area contributed by atoms with Gasteiger partial charge in [0.15, 0.2) is 0 Å². The molecule has 0 spiro atoms. The van der Waals surface area contributed by atoms with Crippen molar-refractivity contribution in [2.75, 3.05) is 26.4 Å². The van der Waals surface area contributed by atoms with Gasteiger partial charge in [-0.15, -0.1) is 0 Å². The van der Waals surface area contributed by atoms with Crippen molar-refractivity contribution >= 4 is 7.60 Å². The SMILES string of the molecule is COc1ccc2c(c1)CCN(CCCP(=O)(O)O)C2. The van der Waals surface area contributed by atoms with E-state index >= 15 is 0 Å². The number of nitrogens with zero attached hydrogens (tertiary/aromatic N) is 1. The number of benzene rings is 1. The first-order valence-corrected chi connectivity index (χ1v) is 8.20. The molecule has 0 saturated carbocycles. The predicted octanol–water partition coefficient (Wildman–Crippen LogP) is 1.62. The van der Waals surface area contributed by atoms with Crippen LogP contribution in [-0.4, -0.2) is 41.0 Å². The largest absolute Gasteiger partial charge is 0.497 e. The average molecular weight is 285 g/mol. The van der Waals surface area contributed by atoms with Gasteiger partial charge in [0.25, 0.3) is 0 Å². The molecule has 1 aromatic rings. The number of hydrogen-bond acceptors (Lipinski definition) is 3. The smallest absolute Gasteiger partial charge is 0.325 e. The van der Waals surface area contributed by atoms with Crippen LogP contribution in [0.5, 0.6) is 5.75 Å². The van der Waals surface area contributed by atoms with E-state index in [1.54, 1.807) is 7.11 Å². The van der Waals surface area contributed by atoms with Gasteiger partial charge in [-0.3, -0.25) is 9.46 Å². The Bertz CT molecular complexity index is 486. The molecule has 106 valence electrons. The maximum atomic E-state index is 10.8. The highest BCUT2D eigenvalue weighted by Crippen LogP contribution is 2.35. The van der Waals surface area contributed by atoms with E-state index in [1.165, 1.54) is 11.1 Å². The van der Waals surface area contributed by atoms with Gasteiger partial charge in [0.1, 0.15) is 5.75 Å². The Hall–Kier alpha value is -0.870. The van der Waals surface area contributed by atoms with E-state index in [1.807, 2.05) is 6.07 Å². The molecule has 6 heteroatoms. The number of fused-ring (bicyclic) bond motifs is 1.